The van der Waals surface area contributed by atoms with E-state index in [1.165, 1.54) is 17.1 Å². The van der Waals surface area contributed by atoms with Crippen molar-refractivity contribution in [3.8, 4) is 0 Å². The van der Waals surface area contributed by atoms with Gasteiger partial charge in [-0.2, -0.15) is 11.8 Å². The molecular formula is C10H18N2S2. The van der Waals surface area contributed by atoms with E-state index in [4.69, 9.17) is 0 Å². The molecular weight excluding hydrogens is 212 g/mol. The summed E-state index contributed by atoms with van der Waals surface area (Å²) in [6, 6.07) is 0. The van der Waals surface area contributed by atoms with Gasteiger partial charge in [-0.25, -0.2) is 4.98 Å². The van der Waals surface area contributed by atoms with Gasteiger partial charge in [0.25, 0.3) is 0 Å². The third-order valence-electron chi connectivity index (χ3n) is 1.67. The van der Waals surface area contributed by atoms with Crippen molar-refractivity contribution in [2.24, 2.45) is 0 Å². The van der Waals surface area contributed by atoms with Gasteiger partial charge >= 0.3 is 0 Å². The van der Waals surface area contributed by atoms with Crippen molar-refractivity contribution in [2.75, 3.05) is 17.6 Å². The summed E-state index contributed by atoms with van der Waals surface area (Å²) in [4.78, 5) is 5.70. The fourth-order valence-corrected chi connectivity index (χ4v) is 2.83. The van der Waals surface area contributed by atoms with Crippen molar-refractivity contribution in [2.45, 2.75) is 32.4 Å². The molecule has 0 aromatic carbocycles. The first kappa shape index (κ1) is 11.9. The molecule has 0 spiro atoms. The topological polar surface area (TPSA) is 24.9 Å². The van der Waals surface area contributed by atoms with E-state index in [9.17, 15) is 0 Å². The molecule has 0 fully saturated rings. The zero-order valence-electron chi connectivity index (χ0n) is 8.88. The average Bonchev–Trinajstić information content (AvgIpc) is 2.63. The smallest absolute Gasteiger partial charge is 0.182 e. The van der Waals surface area contributed by atoms with Gasteiger partial charge in [0.2, 0.25) is 0 Å². The number of hydrogen-bond acceptors (Lipinski definition) is 4. The van der Waals surface area contributed by atoms with Crippen molar-refractivity contribution < 1.29 is 0 Å². The second kappa shape index (κ2) is 7.12. The van der Waals surface area contributed by atoms with Crippen LogP contribution < -0.4 is 5.32 Å². The van der Waals surface area contributed by atoms with Gasteiger partial charge in [0, 0.05) is 23.4 Å². The van der Waals surface area contributed by atoms with Crippen molar-refractivity contribution >= 4 is 28.2 Å². The van der Waals surface area contributed by atoms with Crippen molar-refractivity contribution in [1.29, 1.82) is 0 Å². The van der Waals surface area contributed by atoms with Gasteiger partial charge in [-0.1, -0.05) is 13.8 Å². The number of hydrogen-bond donors (Lipinski definition) is 1. The Morgan fingerprint density at radius 1 is 1.43 bits per heavy atom. The molecule has 0 unspecified atom stereocenters. The monoisotopic (exact) mass is 230 g/mol. The molecule has 0 aliphatic carbocycles. The molecule has 0 amide bonds. The fraction of sp³-hybridized carbons (Fsp3) is 0.700. The van der Waals surface area contributed by atoms with Gasteiger partial charge in [-0.05, 0) is 18.6 Å². The lowest BCUT2D eigenvalue weighted by Crippen LogP contribution is -1.97. The first-order valence-corrected chi connectivity index (χ1v) is 7.10. The molecule has 0 bridgehead atoms. The molecule has 4 heteroatoms. The first-order chi connectivity index (χ1) is 6.86. The molecule has 0 aliphatic rings. The third-order valence-corrected chi connectivity index (χ3v) is 4.02. The Morgan fingerprint density at radius 2 is 2.29 bits per heavy atom. The average molecular weight is 230 g/mol. The summed E-state index contributed by atoms with van der Waals surface area (Å²) in [7, 11) is 0. The molecule has 80 valence electrons. The summed E-state index contributed by atoms with van der Waals surface area (Å²) in [5.74, 6) is 2.36. The summed E-state index contributed by atoms with van der Waals surface area (Å²) in [5, 5.41) is 4.37. The molecule has 1 heterocycles. The molecule has 1 aromatic heterocycles. The third kappa shape index (κ3) is 4.33. The highest BCUT2D eigenvalue weighted by Crippen LogP contribution is 2.22. The summed E-state index contributed by atoms with van der Waals surface area (Å²) in [6.07, 6.45) is 4.40. The van der Waals surface area contributed by atoms with Gasteiger partial charge in [0.05, 0.1) is 0 Å². The van der Waals surface area contributed by atoms with Gasteiger partial charge in [0.15, 0.2) is 5.13 Å². The van der Waals surface area contributed by atoms with E-state index in [0.29, 0.717) is 0 Å². The van der Waals surface area contributed by atoms with Crippen LogP contribution in [0.4, 0.5) is 5.13 Å². The lowest BCUT2D eigenvalue weighted by atomic mass is 10.5. The van der Waals surface area contributed by atoms with Crippen LogP contribution in [-0.2, 0) is 5.75 Å². The summed E-state index contributed by atoms with van der Waals surface area (Å²) >= 11 is 3.77. The van der Waals surface area contributed by atoms with Crippen LogP contribution >= 0.6 is 23.1 Å². The van der Waals surface area contributed by atoms with E-state index in [1.807, 2.05) is 18.0 Å². The molecule has 1 rings (SSSR count). The summed E-state index contributed by atoms with van der Waals surface area (Å²) in [6.45, 7) is 5.40. The zero-order valence-corrected chi connectivity index (χ0v) is 10.5. The van der Waals surface area contributed by atoms with E-state index in [-0.39, 0.29) is 0 Å². The lowest BCUT2D eigenvalue weighted by molar-refractivity contribution is 0.976. The largest absolute Gasteiger partial charge is 0.362 e. The minimum absolute atomic E-state index is 1.02. The normalized spacial score (nSPS) is 10.4. The molecule has 14 heavy (non-hydrogen) atoms. The van der Waals surface area contributed by atoms with Crippen LogP contribution in [0.25, 0.3) is 0 Å². The second-order valence-corrected chi connectivity index (χ2v) is 5.33. The van der Waals surface area contributed by atoms with Crippen LogP contribution in [0.15, 0.2) is 6.20 Å². The predicted octanol–water partition coefficient (Wildman–Crippen LogP) is 3.61. The lowest BCUT2D eigenvalue weighted by Gasteiger charge is -1.97. The molecule has 1 N–H and O–H groups in total. The minimum Gasteiger partial charge on any atom is -0.362 e. The van der Waals surface area contributed by atoms with E-state index >= 15 is 0 Å². The number of nitrogens with one attached hydrogen (secondary N) is 1. The zero-order chi connectivity index (χ0) is 10.2. The van der Waals surface area contributed by atoms with E-state index in [1.54, 1.807) is 11.3 Å². The van der Waals surface area contributed by atoms with Gasteiger partial charge < -0.3 is 5.32 Å². The Balaban J connectivity index is 2.27. The maximum absolute atomic E-state index is 4.33. The van der Waals surface area contributed by atoms with Gasteiger partial charge in [-0.3, -0.25) is 0 Å². The minimum atomic E-state index is 1.02. The van der Waals surface area contributed by atoms with Crippen LogP contribution in [0.2, 0.25) is 0 Å². The van der Waals surface area contributed by atoms with E-state index in [2.05, 4.69) is 24.1 Å². The van der Waals surface area contributed by atoms with Crippen LogP contribution in [0, 0.1) is 0 Å². The van der Waals surface area contributed by atoms with Crippen LogP contribution in [0.5, 0.6) is 0 Å². The quantitative estimate of drug-likeness (QED) is 0.724. The Hall–Kier alpha value is -0.220. The summed E-state index contributed by atoms with van der Waals surface area (Å²) in [5.41, 5.74) is 0. The second-order valence-electron chi connectivity index (χ2n) is 3.11. The van der Waals surface area contributed by atoms with Crippen molar-refractivity contribution in [3.05, 3.63) is 11.1 Å². The molecule has 0 saturated carbocycles. The predicted molar refractivity (Wildman–Crippen MR) is 67.3 cm³/mol. The van der Waals surface area contributed by atoms with Crippen molar-refractivity contribution in [1.82, 2.24) is 4.98 Å². The van der Waals surface area contributed by atoms with Crippen LogP contribution in [0.3, 0.4) is 0 Å². The standard InChI is InChI=1S/C10H18N2S2/c1-3-5-11-10-12-7-9(14-10)8-13-6-4-2/h7H,3-6,8H2,1-2H3,(H,11,12). The number of nitrogens with zero attached hydrogens (tertiary/aromatic N) is 1. The van der Waals surface area contributed by atoms with Gasteiger partial charge in [0.1, 0.15) is 0 Å². The number of thiazole rings is 1. The molecule has 0 radical (unpaired) electrons. The number of aromatic nitrogens is 1. The Kier molecular flexibility index (Phi) is 6.03. The molecule has 1 aromatic rings. The Labute approximate surface area is 94.5 Å². The Morgan fingerprint density at radius 3 is 3.00 bits per heavy atom. The molecule has 0 atom stereocenters. The highest BCUT2D eigenvalue weighted by molar-refractivity contribution is 7.98. The van der Waals surface area contributed by atoms with Crippen LogP contribution in [-0.4, -0.2) is 17.3 Å². The molecule has 2 nitrogen and oxygen atoms in total. The van der Waals surface area contributed by atoms with Crippen LogP contribution in [0.1, 0.15) is 31.6 Å². The number of anilines is 1. The summed E-state index contributed by atoms with van der Waals surface area (Å²) < 4.78 is 0. The molecule has 0 saturated heterocycles. The maximum Gasteiger partial charge on any atom is 0.182 e. The van der Waals surface area contributed by atoms with E-state index < -0.39 is 0 Å². The number of rotatable bonds is 7. The Bertz CT molecular complexity index is 248. The number of thioether (sulfide) groups is 1. The SMILES string of the molecule is CCCNc1ncc(CSCCC)s1. The highest BCUT2D eigenvalue weighted by Gasteiger charge is 2.00. The van der Waals surface area contributed by atoms with Crippen molar-refractivity contribution in [3.63, 3.8) is 0 Å². The molecule has 0 aliphatic heterocycles. The van der Waals surface area contributed by atoms with Gasteiger partial charge in [-0.15, -0.1) is 11.3 Å². The van der Waals surface area contributed by atoms with E-state index in [0.717, 1.165) is 23.8 Å². The maximum atomic E-state index is 4.33. The highest BCUT2D eigenvalue weighted by atomic mass is 32.2. The first-order valence-electron chi connectivity index (χ1n) is 5.13. The fourth-order valence-electron chi connectivity index (χ4n) is 1.00.